The van der Waals surface area contributed by atoms with Crippen molar-refractivity contribution >= 4 is 5.91 Å². The molecule has 0 fully saturated rings. The van der Waals surface area contributed by atoms with E-state index in [1.807, 2.05) is 13.8 Å². The monoisotopic (exact) mass is 216 g/mol. The van der Waals surface area contributed by atoms with E-state index in [2.05, 4.69) is 17.6 Å². The Bertz CT molecular complexity index is 163. The second-order valence-electron chi connectivity index (χ2n) is 3.63. The molecule has 0 saturated heterocycles. The van der Waals surface area contributed by atoms with Crippen LogP contribution in [0.2, 0.25) is 0 Å². The summed E-state index contributed by atoms with van der Waals surface area (Å²) < 4.78 is 5.14. The standard InChI is InChI=1S/C11H24N2O2/c1-4-6-10(3)13-11(14)9-12-7-8-15-5-2/h10,12H,4-9H2,1-3H3,(H,13,14). The first-order valence-electron chi connectivity index (χ1n) is 5.78. The summed E-state index contributed by atoms with van der Waals surface area (Å²) in [6, 6.07) is 0.274. The third-order valence-electron chi connectivity index (χ3n) is 2.04. The van der Waals surface area contributed by atoms with Gasteiger partial charge in [-0.05, 0) is 20.3 Å². The smallest absolute Gasteiger partial charge is 0.234 e. The Morgan fingerprint density at radius 2 is 2.13 bits per heavy atom. The van der Waals surface area contributed by atoms with Gasteiger partial charge in [0.25, 0.3) is 0 Å². The number of hydrogen-bond acceptors (Lipinski definition) is 3. The van der Waals surface area contributed by atoms with Gasteiger partial charge < -0.3 is 15.4 Å². The van der Waals surface area contributed by atoms with Gasteiger partial charge in [0.2, 0.25) is 5.91 Å². The van der Waals surface area contributed by atoms with Crippen LogP contribution in [0.25, 0.3) is 0 Å². The van der Waals surface area contributed by atoms with E-state index in [-0.39, 0.29) is 11.9 Å². The lowest BCUT2D eigenvalue weighted by Crippen LogP contribution is -2.39. The van der Waals surface area contributed by atoms with Crippen LogP contribution in [0, 0.1) is 0 Å². The van der Waals surface area contributed by atoms with Gasteiger partial charge in [0.1, 0.15) is 0 Å². The molecule has 0 rings (SSSR count). The largest absolute Gasteiger partial charge is 0.380 e. The zero-order chi connectivity index (χ0) is 11.5. The molecule has 2 N–H and O–H groups in total. The van der Waals surface area contributed by atoms with Gasteiger partial charge in [0, 0.05) is 19.2 Å². The van der Waals surface area contributed by atoms with Crippen molar-refractivity contribution in [1.29, 1.82) is 0 Å². The van der Waals surface area contributed by atoms with E-state index in [0.29, 0.717) is 13.2 Å². The summed E-state index contributed by atoms with van der Waals surface area (Å²) in [5.41, 5.74) is 0. The Kier molecular flexibility index (Phi) is 9.52. The summed E-state index contributed by atoms with van der Waals surface area (Å²) in [4.78, 5) is 11.3. The topological polar surface area (TPSA) is 50.4 Å². The van der Waals surface area contributed by atoms with E-state index in [0.717, 1.165) is 26.0 Å². The fourth-order valence-electron chi connectivity index (χ4n) is 1.32. The highest BCUT2D eigenvalue weighted by Crippen LogP contribution is 1.93. The van der Waals surface area contributed by atoms with Gasteiger partial charge in [-0.3, -0.25) is 4.79 Å². The number of carbonyl (C=O) groups is 1. The minimum atomic E-state index is 0.0625. The van der Waals surface area contributed by atoms with E-state index >= 15 is 0 Å². The molecule has 1 amide bonds. The molecule has 15 heavy (non-hydrogen) atoms. The molecule has 0 aromatic carbocycles. The van der Waals surface area contributed by atoms with Crippen molar-refractivity contribution in [2.45, 2.75) is 39.7 Å². The van der Waals surface area contributed by atoms with Crippen molar-refractivity contribution in [3.63, 3.8) is 0 Å². The van der Waals surface area contributed by atoms with Gasteiger partial charge in [-0.2, -0.15) is 0 Å². The lowest BCUT2D eigenvalue weighted by molar-refractivity contribution is -0.120. The van der Waals surface area contributed by atoms with Gasteiger partial charge in [0.05, 0.1) is 13.2 Å². The van der Waals surface area contributed by atoms with Crippen molar-refractivity contribution in [2.75, 3.05) is 26.3 Å². The van der Waals surface area contributed by atoms with Crippen molar-refractivity contribution in [1.82, 2.24) is 10.6 Å². The average Bonchev–Trinajstić information content (AvgIpc) is 2.17. The van der Waals surface area contributed by atoms with Gasteiger partial charge in [-0.15, -0.1) is 0 Å². The molecular formula is C11H24N2O2. The molecule has 0 radical (unpaired) electrons. The molecule has 0 spiro atoms. The number of nitrogens with one attached hydrogen (secondary N) is 2. The van der Waals surface area contributed by atoms with Crippen molar-refractivity contribution < 1.29 is 9.53 Å². The maximum atomic E-state index is 11.3. The maximum absolute atomic E-state index is 11.3. The maximum Gasteiger partial charge on any atom is 0.234 e. The van der Waals surface area contributed by atoms with E-state index in [4.69, 9.17) is 4.74 Å². The molecule has 4 nitrogen and oxygen atoms in total. The molecule has 90 valence electrons. The van der Waals surface area contributed by atoms with E-state index in [1.165, 1.54) is 0 Å². The summed E-state index contributed by atoms with van der Waals surface area (Å²) in [5, 5.41) is 5.96. The molecule has 0 aliphatic rings. The zero-order valence-electron chi connectivity index (χ0n) is 10.1. The molecule has 1 unspecified atom stereocenters. The minimum absolute atomic E-state index is 0.0625. The Morgan fingerprint density at radius 1 is 1.40 bits per heavy atom. The molecule has 1 atom stereocenters. The van der Waals surface area contributed by atoms with Crippen molar-refractivity contribution in [3.8, 4) is 0 Å². The predicted octanol–water partition coefficient (Wildman–Crippen LogP) is 0.917. The van der Waals surface area contributed by atoms with Crippen LogP contribution in [0.15, 0.2) is 0 Å². The summed E-state index contributed by atoms with van der Waals surface area (Å²) in [7, 11) is 0. The van der Waals surface area contributed by atoms with Gasteiger partial charge in [-0.1, -0.05) is 13.3 Å². The molecule has 0 aromatic heterocycles. The molecule has 0 aromatic rings. The summed E-state index contributed by atoms with van der Waals surface area (Å²) in [6.07, 6.45) is 2.13. The molecule has 4 heteroatoms. The highest BCUT2D eigenvalue weighted by atomic mass is 16.5. The average molecular weight is 216 g/mol. The normalized spacial score (nSPS) is 12.5. The van der Waals surface area contributed by atoms with E-state index in [1.54, 1.807) is 0 Å². The summed E-state index contributed by atoms with van der Waals surface area (Å²) in [6.45, 7) is 8.59. The first-order chi connectivity index (χ1) is 7.20. The van der Waals surface area contributed by atoms with Gasteiger partial charge in [0.15, 0.2) is 0 Å². The zero-order valence-corrected chi connectivity index (χ0v) is 10.1. The molecular weight excluding hydrogens is 192 g/mol. The molecule has 0 bridgehead atoms. The summed E-state index contributed by atoms with van der Waals surface area (Å²) >= 11 is 0. The van der Waals surface area contributed by atoms with Crippen LogP contribution in [0.1, 0.15) is 33.6 Å². The van der Waals surface area contributed by atoms with Gasteiger partial charge in [-0.25, -0.2) is 0 Å². The van der Waals surface area contributed by atoms with E-state index in [9.17, 15) is 4.79 Å². The van der Waals surface area contributed by atoms with Crippen LogP contribution in [0.4, 0.5) is 0 Å². The number of rotatable bonds is 9. The number of carbonyl (C=O) groups excluding carboxylic acids is 1. The second kappa shape index (κ2) is 9.93. The van der Waals surface area contributed by atoms with Crippen LogP contribution < -0.4 is 10.6 Å². The molecule has 0 aliphatic carbocycles. The van der Waals surface area contributed by atoms with Crippen LogP contribution >= 0.6 is 0 Å². The van der Waals surface area contributed by atoms with Crippen LogP contribution in [-0.4, -0.2) is 38.3 Å². The minimum Gasteiger partial charge on any atom is -0.380 e. The SMILES string of the molecule is CCCC(C)NC(=O)CNCCOCC. The molecule has 0 saturated carbocycles. The fraction of sp³-hybridized carbons (Fsp3) is 0.909. The van der Waals surface area contributed by atoms with Crippen LogP contribution in [0.3, 0.4) is 0 Å². The van der Waals surface area contributed by atoms with E-state index < -0.39 is 0 Å². The Hall–Kier alpha value is -0.610. The third-order valence-corrected chi connectivity index (χ3v) is 2.04. The van der Waals surface area contributed by atoms with Crippen LogP contribution in [0.5, 0.6) is 0 Å². The Morgan fingerprint density at radius 3 is 2.73 bits per heavy atom. The molecule has 0 aliphatic heterocycles. The second-order valence-corrected chi connectivity index (χ2v) is 3.63. The van der Waals surface area contributed by atoms with Crippen molar-refractivity contribution in [2.24, 2.45) is 0 Å². The third kappa shape index (κ3) is 9.69. The highest BCUT2D eigenvalue weighted by Gasteiger charge is 2.04. The Balaban J connectivity index is 3.32. The lowest BCUT2D eigenvalue weighted by atomic mass is 10.2. The first kappa shape index (κ1) is 14.4. The number of amides is 1. The fourth-order valence-corrected chi connectivity index (χ4v) is 1.32. The summed E-state index contributed by atoms with van der Waals surface area (Å²) in [5.74, 6) is 0.0625. The molecule has 0 heterocycles. The Labute approximate surface area is 92.8 Å². The lowest BCUT2D eigenvalue weighted by Gasteiger charge is -2.12. The first-order valence-corrected chi connectivity index (χ1v) is 5.78. The predicted molar refractivity (Wildman–Crippen MR) is 61.9 cm³/mol. The quantitative estimate of drug-likeness (QED) is 0.563. The highest BCUT2D eigenvalue weighted by molar-refractivity contribution is 5.78. The van der Waals surface area contributed by atoms with Crippen LogP contribution in [-0.2, 0) is 9.53 Å². The van der Waals surface area contributed by atoms with Gasteiger partial charge >= 0.3 is 0 Å². The number of hydrogen-bond donors (Lipinski definition) is 2. The number of ether oxygens (including phenoxy) is 1. The van der Waals surface area contributed by atoms with Crippen molar-refractivity contribution in [3.05, 3.63) is 0 Å².